The van der Waals surface area contributed by atoms with Crippen LogP contribution in [0.2, 0.25) is 5.02 Å². The molecular weight excluding hydrogens is 912 g/mol. The van der Waals surface area contributed by atoms with Gasteiger partial charge in [0, 0.05) is 32.5 Å². The monoisotopic (exact) mass is 974 g/mol. The number of nitrogens with zero attached hydrogens (tertiary/aromatic N) is 2. The second-order valence-electron chi connectivity index (χ2n) is 21.9. The number of thiophene rings is 1. The van der Waals surface area contributed by atoms with Crippen LogP contribution in [0.3, 0.4) is 0 Å². The van der Waals surface area contributed by atoms with Crippen molar-refractivity contribution in [1.29, 1.82) is 0 Å². The minimum absolute atomic E-state index is 0.0180. The Labute approximate surface area is 435 Å². The van der Waals surface area contributed by atoms with Gasteiger partial charge in [0.1, 0.15) is 0 Å². The quantitative estimate of drug-likeness (QED) is 0.126. The summed E-state index contributed by atoms with van der Waals surface area (Å²) in [6, 6.07) is 67.6. The smallest absolute Gasteiger partial charge is 0.0887 e. The van der Waals surface area contributed by atoms with Crippen molar-refractivity contribution in [3.05, 3.63) is 221 Å². The van der Waals surface area contributed by atoms with Crippen LogP contribution in [0, 0.1) is 12.8 Å². The van der Waals surface area contributed by atoms with Gasteiger partial charge in [-0.25, -0.2) is 0 Å². The normalized spacial score (nSPS) is 14.1. The number of allylic oxidation sites excluding steroid dienone is 2. The molecule has 2 nitrogen and oxygen atoms in total. The van der Waals surface area contributed by atoms with Crippen molar-refractivity contribution >= 4 is 94.3 Å². The summed E-state index contributed by atoms with van der Waals surface area (Å²) in [6.45, 7) is 18.3. The van der Waals surface area contributed by atoms with Gasteiger partial charge >= 0.3 is 0 Å². The molecule has 1 aliphatic rings. The van der Waals surface area contributed by atoms with E-state index in [4.69, 9.17) is 11.6 Å². The number of rotatable bonds is 10. The van der Waals surface area contributed by atoms with E-state index in [9.17, 15) is 0 Å². The Morgan fingerprint density at radius 1 is 0.500 bits per heavy atom. The SMILES string of the molecule is CCC1CC=C(c2ccc(N(c3cc(C)cc(N(c4cccc(C(C)(C)C)c4)c4ccc5c(-c6ccccc6)c6ccccc6c(-c6ccccc6)c5c4)c3Cl)c3csc4ccc(C(C)(C)C)cc34)cc2)C1. The summed E-state index contributed by atoms with van der Waals surface area (Å²) < 4.78 is 1.25. The maximum Gasteiger partial charge on any atom is 0.0887 e. The van der Waals surface area contributed by atoms with Gasteiger partial charge in [-0.2, -0.15) is 0 Å². The van der Waals surface area contributed by atoms with Gasteiger partial charge in [0.15, 0.2) is 0 Å². The average molecular weight is 976 g/mol. The molecule has 0 bridgehead atoms. The summed E-state index contributed by atoms with van der Waals surface area (Å²) in [5.41, 5.74) is 17.3. The van der Waals surface area contributed by atoms with Crippen LogP contribution in [0.1, 0.15) is 90.0 Å². The Hall–Kier alpha value is -6.91. The minimum Gasteiger partial charge on any atom is -0.309 e. The molecule has 1 aliphatic carbocycles. The molecule has 10 aromatic rings. The van der Waals surface area contributed by atoms with Crippen molar-refractivity contribution in [3.8, 4) is 22.3 Å². The molecule has 0 fully saturated rings. The molecule has 1 aromatic heterocycles. The highest BCUT2D eigenvalue weighted by Gasteiger charge is 2.28. The molecule has 358 valence electrons. The lowest BCUT2D eigenvalue weighted by Gasteiger charge is -2.32. The van der Waals surface area contributed by atoms with Crippen LogP contribution in [0.25, 0.3) is 59.5 Å². The third-order valence-electron chi connectivity index (χ3n) is 15.0. The van der Waals surface area contributed by atoms with Crippen LogP contribution in [-0.4, -0.2) is 0 Å². The van der Waals surface area contributed by atoms with Gasteiger partial charge in [0.25, 0.3) is 0 Å². The topological polar surface area (TPSA) is 6.48 Å². The molecule has 72 heavy (non-hydrogen) atoms. The van der Waals surface area contributed by atoms with Crippen LogP contribution in [0.5, 0.6) is 0 Å². The van der Waals surface area contributed by atoms with Crippen LogP contribution in [-0.2, 0) is 10.8 Å². The van der Waals surface area contributed by atoms with Crippen molar-refractivity contribution in [3.63, 3.8) is 0 Å². The number of benzene rings is 9. The van der Waals surface area contributed by atoms with Gasteiger partial charge in [-0.3, -0.25) is 0 Å². The number of fused-ring (bicyclic) bond motifs is 3. The highest BCUT2D eigenvalue weighted by molar-refractivity contribution is 7.17. The Kier molecular flexibility index (Phi) is 12.5. The van der Waals surface area contributed by atoms with E-state index in [0.717, 1.165) is 58.4 Å². The van der Waals surface area contributed by atoms with Crippen LogP contribution in [0.4, 0.5) is 34.1 Å². The van der Waals surface area contributed by atoms with Crippen molar-refractivity contribution in [2.24, 2.45) is 5.92 Å². The van der Waals surface area contributed by atoms with Crippen molar-refractivity contribution in [2.75, 3.05) is 9.80 Å². The molecular formula is C68H63ClN2S. The largest absolute Gasteiger partial charge is 0.309 e. The summed E-state index contributed by atoms with van der Waals surface area (Å²) in [6.07, 6.45) is 5.95. The fourth-order valence-corrected chi connectivity index (χ4v) is 12.1. The first-order chi connectivity index (χ1) is 34.7. The fraction of sp³-hybridized carbons (Fsp3) is 0.206. The first-order valence-corrected chi connectivity index (χ1v) is 26.9. The van der Waals surface area contributed by atoms with Crippen molar-refractivity contribution in [1.82, 2.24) is 0 Å². The maximum atomic E-state index is 8.23. The molecule has 0 amide bonds. The number of anilines is 6. The van der Waals surface area contributed by atoms with E-state index in [2.05, 4.69) is 259 Å². The lowest BCUT2D eigenvalue weighted by molar-refractivity contribution is 0.554. The number of aryl methyl sites for hydroxylation is 1. The molecule has 1 atom stereocenters. The van der Waals surface area contributed by atoms with Crippen LogP contribution < -0.4 is 9.80 Å². The third-order valence-corrected chi connectivity index (χ3v) is 16.3. The van der Waals surface area contributed by atoms with Crippen LogP contribution >= 0.6 is 22.9 Å². The molecule has 0 aliphatic heterocycles. The van der Waals surface area contributed by atoms with Gasteiger partial charge in [-0.1, -0.05) is 194 Å². The number of hydrogen-bond acceptors (Lipinski definition) is 3. The lowest BCUT2D eigenvalue weighted by atomic mass is 9.85. The lowest BCUT2D eigenvalue weighted by Crippen LogP contribution is -2.16. The standard InChI is InChI=1S/C68H63ClN2S/c1-9-45-27-28-49(39-45)46-29-32-52(33-30-46)71(62-43-72-63-36-31-51(41-59(62)63)68(6,7)8)61-38-44(2)37-60(66(61)69)70(53-24-18-23-50(40-53)67(3,4)5)54-34-35-57-58(42-54)65(48-21-14-11-15-22-48)56-26-17-16-25-55(56)64(57)47-19-12-10-13-20-47/h10-26,28-38,40-43,45H,9,27,39H2,1-8H3. The zero-order valence-corrected chi connectivity index (χ0v) is 44.4. The van der Waals surface area contributed by atoms with E-state index in [1.165, 1.54) is 82.6 Å². The second kappa shape index (κ2) is 18.9. The zero-order chi connectivity index (χ0) is 49.9. The Morgan fingerprint density at radius 3 is 1.69 bits per heavy atom. The third kappa shape index (κ3) is 8.82. The van der Waals surface area contributed by atoms with E-state index < -0.39 is 0 Å². The summed E-state index contributed by atoms with van der Waals surface area (Å²) in [7, 11) is 0. The molecule has 0 saturated heterocycles. The second-order valence-corrected chi connectivity index (χ2v) is 23.2. The molecule has 9 aromatic carbocycles. The molecule has 0 radical (unpaired) electrons. The molecule has 11 rings (SSSR count). The van der Waals surface area contributed by atoms with Gasteiger partial charge in [0.05, 0.1) is 22.1 Å². The van der Waals surface area contributed by atoms with E-state index in [1.807, 2.05) is 0 Å². The minimum atomic E-state index is -0.0858. The van der Waals surface area contributed by atoms with Gasteiger partial charge in [0.2, 0.25) is 0 Å². The van der Waals surface area contributed by atoms with Gasteiger partial charge in [-0.15, -0.1) is 11.3 Å². The van der Waals surface area contributed by atoms with Crippen molar-refractivity contribution < 1.29 is 0 Å². The molecule has 0 N–H and O–H groups in total. The van der Waals surface area contributed by atoms with E-state index in [-0.39, 0.29) is 10.8 Å². The van der Waals surface area contributed by atoms with Gasteiger partial charge in [-0.05, 0) is 169 Å². The Morgan fingerprint density at radius 2 is 1.07 bits per heavy atom. The predicted octanol–water partition coefficient (Wildman–Crippen LogP) is 21.2. The van der Waals surface area contributed by atoms with E-state index in [0.29, 0.717) is 5.02 Å². The molecule has 0 saturated carbocycles. The first-order valence-electron chi connectivity index (χ1n) is 25.7. The predicted molar refractivity (Wildman–Crippen MR) is 315 cm³/mol. The fourth-order valence-electron chi connectivity index (χ4n) is 11.0. The van der Waals surface area contributed by atoms with E-state index >= 15 is 0 Å². The van der Waals surface area contributed by atoms with Crippen molar-refractivity contribution in [2.45, 2.75) is 85.5 Å². The van der Waals surface area contributed by atoms with E-state index in [1.54, 1.807) is 11.3 Å². The molecule has 4 heteroatoms. The molecule has 1 unspecified atom stereocenters. The average Bonchev–Trinajstić information content (AvgIpc) is 4.05. The number of halogens is 1. The maximum absolute atomic E-state index is 8.23. The summed E-state index contributed by atoms with van der Waals surface area (Å²) in [5, 5.41) is 9.06. The van der Waals surface area contributed by atoms with Gasteiger partial charge < -0.3 is 9.80 Å². The summed E-state index contributed by atoms with van der Waals surface area (Å²) >= 11 is 10.0. The Bertz CT molecular complexity index is 3660. The zero-order valence-electron chi connectivity index (χ0n) is 42.9. The summed E-state index contributed by atoms with van der Waals surface area (Å²) in [4.78, 5) is 4.82. The van der Waals surface area contributed by atoms with Crippen LogP contribution in [0.15, 0.2) is 193 Å². The Balaban J connectivity index is 1.18. The summed E-state index contributed by atoms with van der Waals surface area (Å²) in [5.74, 6) is 0.722. The highest BCUT2D eigenvalue weighted by Crippen LogP contribution is 2.52. The first kappa shape index (κ1) is 47.4. The molecule has 0 spiro atoms. The number of hydrogen-bond donors (Lipinski definition) is 0. The molecule has 1 heterocycles. The highest BCUT2D eigenvalue weighted by atomic mass is 35.5.